The molecule has 0 aromatic rings. The third-order valence-corrected chi connectivity index (χ3v) is 6.69. The van der Waals surface area contributed by atoms with Crippen LogP contribution in [0.2, 0.25) is 0 Å². The molecule has 142 valence electrons. The molecule has 0 aliphatic heterocycles. The third kappa shape index (κ3) is 4.32. The summed E-state index contributed by atoms with van der Waals surface area (Å²) in [4.78, 5) is 12.3. The van der Waals surface area contributed by atoms with Crippen molar-refractivity contribution < 1.29 is 19.7 Å². The van der Waals surface area contributed by atoms with Crippen LogP contribution in [0, 0.1) is 17.8 Å². The molecule has 0 saturated heterocycles. The molecule has 0 radical (unpaired) electrons. The Bertz CT molecular complexity index is 398. The van der Waals surface area contributed by atoms with Crippen LogP contribution in [0.4, 0.5) is 0 Å². The Labute approximate surface area is 148 Å². The minimum atomic E-state index is -0.836. The van der Waals surface area contributed by atoms with Crippen LogP contribution in [-0.4, -0.2) is 33.5 Å². The Morgan fingerprint density at radius 1 is 1.00 bits per heavy atom. The lowest BCUT2D eigenvalue weighted by molar-refractivity contribution is -0.161. The molecule has 0 aromatic carbocycles. The van der Waals surface area contributed by atoms with E-state index in [1.165, 1.54) is 0 Å². The molecule has 1 aliphatic carbocycles. The molecule has 4 atom stereocenters. The minimum Gasteiger partial charge on any atom is -0.462 e. The van der Waals surface area contributed by atoms with Crippen molar-refractivity contribution in [3.8, 4) is 0 Å². The molecule has 4 heteroatoms. The summed E-state index contributed by atoms with van der Waals surface area (Å²) in [6, 6.07) is 0. The first-order chi connectivity index (χ1) is 11.2. The second-order valence-electron chi connectivity index (χ2n) is 7.68. The quantitative estimate of drug-likeness (QED) is 0.620. The normalized spacial score (nSPS) is 26.4. The van der Waals surface area contributed by atoms with Crippen molar-refractivity contribution in [1.82, 2.24) is 0 Å². The van der Waals surface area contributed by atoms with Crippen molar-refractivity contribution in [2.75, 3.05) is 0 Å². The summed E-state index contributed by atoms with van der Waals surface area (Å²) in [7, 11) is 0. The summed E-state index contributed by atoms with van der Waals surface area (Å²) in [5, 5.41) is 22.0. The van der Waals surface area contributed by atoms with Gasteiger partial charge in [-0.25, -0.2) is 0 Å². The maximum absolute atomic E-state index is 12.3. The van der Waals surface area contributed by atoms with Gasteiger partial charge in [0.05, 0.1) is 17.1 Å². The lowest BCUT2D eigenvalue weighted by Gasteiger charge is -2.36. The van der Waals surface area contributed by atoms with E-state index < -0.39 is 11.2 Å². The smallest absolute Gasteiger partial charge is 0.308 e. The molecule has 0 amide bonds. The lowest BCUT2D eigenvalue weighted by atomic mass is 9.77. The maximum Gasteiger partial charge on any atom is 0.308 e. The van der Waals surface area contributed by atoms with Crippen molar-refractivity contribution >= 4 is 5.97 Å². The summed E-state index contributed by atoms with van der Waals surface area (Å²) in [6.07, 6.45) is 4.45. The molecule has 1 fully saturated rings. The van der Waals surface area contributed by atoms with Crippen molar-refractivity contribution in [1.29, 1.82) is 0 Å². The summed E-state index contributed by atoms with van der Waals surface area (Å²) in [5.74, 6) is -0.344. The molecular weight excluding hydrogens is 304 g/mol. The van der Waals surface area contributed by atoms with Gasteiger partial charge in [0, 0.05) is 5.92 Å². The standard InChI is InChI=1S/C20H38O4/c1-7-14(6)18(21)24-17-13-15(19(22,8-2)9-3)12-16(17)20(23,10-4)11-5/h14-17,22-23H,7-13H2,1-6H3. The SMILES string of the molecule is CCC(C)C(=O)OC1CC(C(O)(CC)CC)CC1C(O)(CC)CC. The molecular formula is C20H38O4. The van der Waals surface area contributed by atoms with E-state index in [4.69, 9.17) is 4.74 Å². The molecule has 1 saturated carbocycles. The zero-order valence-corrected chi connectivity index (χ0v) is 16.5. The number of aliphatic hydroxyl groups is 2. The highest BCUT2D eigenvalue weighted by Gasteiger charge is 2.51. The number of esters is 1. The van der Waals surface area contributed by atoms with Crippen molar-refractivity contribution in [2.24, 2.45) is 17.8 Å². The number of hydrogen-bond donors (Lipinski definition) is 2. The van der Waals surface area contributed by atoms with Crippen LogP contribution in [0.25, 0.3) is 0 Å². The first-order valence-corrected chi connectivity index (χ1v) is 9.86. The fourth-order valence-electron chi connectivity index (χ4n) is 4.17. The van der Waals surface area contributed by atoms with Gasteiger partial charge < -0.3 is 14.9 Å². The second-order valence-corrected chi connectivity index (χ2v) is 7.68. The van der Waals surface area contributed by atoms with Gasteiger partial charge in [-0.2, -0.15) is 0 Å². The number of ether oxygens (including phenoxy) is 1. The van der Waals surface area contributed by atoms with Gasteiger partial charge in [-0.1, -0.05) is 41.5 Å². The monoisotopic (exact) mass is 342 g/mol. The summed E-state index contributed by atoms with van der Waals surface area (Å²) in [6.45, 7) is 11.8. The van der Waals surface area contributed by atoms with Crippen LogP contribution in [0.1, 0.15) is 86.5 Å². The van der Waals surface area contributed by atoms with Gasteiger partial charge in [0.2, 0.25) is 0 Å². The topological polar surface area (TPSA) is 66.8 Å². The largest absolute Gasteiger partial charge is 0.462 e. The molecule has 0 spiro atoms. The van der Waals surface area contributed by atoms with Gasteiger partial charge in [-0.05, 0) is 50.9 Å². The molecule has 2 N–H and O–H groups in total. The minimum absolute atomic E-state index is 0.0665. The zero-order valence-electron chi connectivity index (χ0n) is 16.5. The first-order valence-electron chi connectivity index (χ1n) is 9.86. The molecule has 24 heavy (non-hydrogen) atoms. The first kappa shape index (κ1) is 21.4. The van der Waals surface area contributed by atoms with Gasteiger partial charge >= 0.3 is 5.97 Å². The van der Waals surface area contributed by atoms with E-state index in [2.05, 4.69) is 0 Å². The fraction of sp³-hybridized carbons (Fsp3) is 0.950. The molecule has 0 bridgehead atoms. The highest BCUT2D eigenvalue weighted by atomic mass is 16.5. The summed E-state index contributed by atoms with van der Waals surface area (Å²) >= 11 is 0. The van der Waals surface area contributed by atoms with E-state index in [9.17, 15) is 15.0 Å². The Morgan fingerprint density at radius 2 is 1.50 bits per heavy atom. The number of carbonyl (C=O) groups is 1. The Balaban J connectivity index is 3.05. The lowest BCUT2D eigenvalue weighted by Crippen LogP contribution is -2.43. The molecule has 0 aromatic heterocycles. The fourth-order valence-corrected chi connectivity index (χ4v) is 4.17. The van der Waals surface area contributed by atoms with Crippen LogP contribution in [-0.2, 0) is 9.53 Å². The summed E-state index contributed by atoms with van der Waals surface area (Å²) in [5.41, 5.74) is -1.57. The number of carbonyl (C=O) groups excluding carboxylic acids is 1. The average molecular weight is 343 g/mol. The third-order valence-electron chi connectivity index (χ3n) is 6.69. The van der Waals surface area contributed by atoms with Crippen LogP contribution in [0.3, 0.4) is 0 Å². The van der Waals surface area contributed by atoms with Gasteiger partial charge in [0.25, 0.3) is 0 Å². The maximum atomic E-state index is 12.3. The Morgan fingerprint density at radius 3 is 1.92 bits per heavy atom. The van der Waals surface area contributed by atoms with E-state index in [-0.39, 0.29) is 29.8 Å². The van der Waals surface area contributed by atoms with E-state index in [1.807, 2.05) is 41.5 Å². The highest BCUT2D eigenvalue weighted by Crippen LogP contribution is 2.48. The van der Waals surface area contributed by atoms with Gasteiger partial charge in [0.15, 0.2) is 0 Å². The van der Waals surface area contributed by atoms with Crippen LogP contribution < -0.4 is 0 Å². The predicted octanol–water partition coefficient (Wildman–Crippen LogP) is 4.07. The number of rotatable bonds is 9. The van der Waals surface area contributed by atoms with Crippen LogP contribution in [0.15, 0.2) is 0 Å². The van der Waals surface area contributed by atoms with Crippen molar-refractivity contribution in [2.45, 2.75) is 104 Å². The van der Waals surface area contributed by atoms with Gasteiger partial charge in [0.1, 0.15) is 6.10 Å². The van der Waals surface area contributed by atoms with E-state index >= 15 is 0 Å². The van der Waals surface area contributed by atoms with Crippen molar-refractivity contribution in [3.05, 3.63) is 0 Å². The Hall–Kier alpha value is -0.610. The Kier molecular flexibility index (Phi) is 7.74. The van der Waals surface area contributed by atoms with Gasteiger partial charge in [-0.15, -0.1) is 0 Å². The highest BCUT2D eigenvalue weighted by molar-refractivity contribution is 5.72. The van der Waals surface area contributed by atoms with Crippen molar-refractivity contribution in [3.63, 3.8) is 0 Å². The zero-order chi connectivity index (χ0) is 18.5. The summed E-state index contributed by atoms with van der Waals surface area (Å²) < 4.78 is 5.83. The van der Waals surface area contributed by atoms with Crippen LogP contribution >= 0.6 is 0 Å². The number of hydrogen-bond acceptors (Lipinski definition) is 4. The molecule has 0 heterocycles. The van der Waals surface area contributed by atoms with E-state index in [1.54, 1.807) is 0 Å². The molecule has 1 rings (SSSR count). The molecule has 4 nitrogen and oxygen atoms in total. The molecule has 4 unspecified atom stereocenters. The van der Waals surface area contributed by atoms with Crippen LogP contribution in [0.5, 0.6) is 0 Å². The van der Waals surface area contributed by atoms with Gasteiger partial charge in [-0.3, -0.25) is 4.79 Å². The molecule has 1 aliphatic rings. The predicted molar refractivity (Wildman–Crippen MR) is 96.6 cm³/mol. The average Bonchev–Trinajstić information content (AvgIpc) is 3.04. The van der Waals surface area contributed by atoms with E-state index in [0.29, 0.717) is 32.1 Å². The van der Waals surface area contributed by atoms with E-state index in [0.717, 1.165) is 12.8 Å². The second kappa shape index (κ2) is 8.66.